The highest BCUT2D eigenvalue weighted by Gasteiger charge is 2.38. The van der Waals surface area contributed by atoms with Crippen molar-refractivity contribution in [2.24, 2.45) is 5.73 Å². The number of nitrogens with two attached hydrogens (primary N) is 1. The van der Waals surface area contributed by atoms with Crippen molar-refractivity contribution >= 4 is 35.4 Å². The van der Waals surface area contributed by atoms with E-state index in [-0.39, 0.29) is 36.9 Å². The molecular formula is C32H30F3N5O6. The number of benzene rings is 3. The van der Waals surface area contributed by atoms with Crippen molar-refractivity contribution in [2.45, 2.75) is 25.1 Å². The van der Waals surface area contributed by atoms with E-state index < -0.39 is 30.1 Å². The van der Waals surface area contributed by atoms with Crippen molar-refractivity contribution in [3.05, 3.63) is 101 Å². The molecule has 1 aliphatic rings. The molecule has 0 saturated carbocycles. The van der Waals surface area contributed by atoms with Gasteiger partial charge >= 0.3 is 18.1 Å². The molecule has 4 rings (SSSR count). The zero-order valence-corrected chi connectivity index (χ0v) is 24.3. The summed E-state index contributed by atoms with van der Waals surface area (Å²) in [6, 6.07) is 23.8. The Morgan fingerprint density at radius 3 is 2.04 bits per heavy atom. The summed E-state index contributed by atoms with van der Waals surface area (Å²) in [6.07, 6.45) is -4.93. The highest BCUT2D eigenvalue weighted by molar-refractivity contribution is 6.10. The first-order chi connectivity index (χ1) is 21.8. The molecule has 0 fully saturated rings. The Hall–Kier alpha value is -5.84. The highest BCUT2D eigenvalue weighted by atomic mass is 19.4. The molecule has 3 aromatic carbocycles. The van der Waals surface area contributed by atoms with Gasteiger partial charge in [-0.2, -0.15) is 13.2 Å². The third kappa shape index (κ3) is 9.58. The van der Waals surface area contributed by atoms with Crippen LogP contribution in [-0.2, 0) is 14.4 Å². The van der Waals surface area contributed by atoms with Crippen LogP contribution in [0, 0.1) is 17.3 Å². The fourth-order valence-electron chi connectivity index (χ4n) is 4.49. The minimum absolute atomic E-state index is 0.0961. The fourth-order valence-corrected chi connectivity index (χ4v) is 4.49. The van der Waals surface area contributed by atoms with Crippen LogP contribution in [0.15, 0.2) is 78.9 Å². The predicted molar refractivity (Wildman–Crippen MR) is 162 cm³/mol. The maximum absolute atomic E-state index is 13.9. The second-order valence-corrected chi connectivity index (χ2v) is 9.79. The van der Waals surface area contributed by atoms with Crippen LogP contribution in [0.4, 0.5) is 18.9 Å². The normalized spacial score (nSPS) is 12.6. The number of nitrogens with zero attached hydrogens (tertiary/aromatic N) is 2. The van der Waals surface area contributed by atoms with E-state index in [4.69, 9.17) is 21.0 Å². The van der Waals surface area contributed by atoms with Crippen LogP contribution < -0.4 is 16.0 Å². The number of alkyl halides is 3. The first-order valence-corrected chi connectivity index (χ1v) is 13.7. The first kappa shape index (κ1) is 34.6. The van der Waals surface area contributed by atoms with E-state index in [2.05, 4.69) is 17.2 Å². The third-order valence-electron chi connectivity index (χ3n) is 6.49. The van der Waals surface area contributed by atoms with Gasteiger partial charge in [0.25, 0.3) is 5.91 Å². The Morgan fingerprint density at radius 1 is 0.978 bits per heavy atom. The molecule has 0 aromatic heterocycles. The number of carboxylic acids is 2. The smallest absolute Gasteiger partial charge is 0.481 e. The SMILES string of the molecule is N=C(N)NCCC#Cc1ccc2c(c1)C(=O)N(CCC(=O)O)CC(=O)N2C(c1ccccc1)c1ccccc1.O=C(O)C(F)(F)F. The van der Waals surface area contributed by atoms with Gasteiger partial charge in [0, 0.05) is 25.1 Å². The molecule has 11 nitrogen and oxygen atoms in total. The van der Waals surface area contributed by atoms with Gasteiger partial charge in [0.05, 0.1) is 23.7 Å². The maximum Gasteiger partial charge on any atom is 0.490 e. The van der Waals surface area contributed by atoms with Crippen molar-refractivity contribution in [2.75, 3.05) is 24.5 Å². The van der Waals surface area contributed by atoms with Crippen molar-refractivity contribution in [3.63, 3.8) is 0 Å². The van der Waals surface area contributed by atoms with Gasteiger partial charge < -0.3 is 26.2 Å². The number of hydrogen-bond donors (Lipinski definition) is 5. The molecule has 6 N–H and O–H groups in total. The van der Waals surface area contributed by atoms with Crippen molar-refractivity contribution in [1.82, 2.24) is 10.2 Å². The number of amides is 2. The van der Waals surface area contributed by atoms with Gasteiger partial charge in [0.2, 0.25) is 5.91 Å². The van der Waals surface area contributed by atoms with Gasteiger partial charge in [-0.05, 0) is 29.3 Å². The van der Waals surface area contributed by atoms with Gasteiger partial charge in [-0.1, -0.05) is 72.5 Å². The summed E-state index contributed by atoms with van der Waals surface area (Å²) in [5, 5.41) is 26.3. The quantitative estimate of drug-likeness (QED) is 0.108. The molecule has 2 amide bonds. The van der Waals surface area contributed by atoms with Gasteiger partial charge in [0.1, 0.15) is 6.54 Å². The number of halogens is 3. The Balaban J connectivity index is 0.000000738. The highest BCUT2D eigenvalue weighted by Crippen LogP contribution is 2.37. The lowest BCUT2D eigenvalue weighted by atomic mass is 9.95. The zero-order chi connectivity index (χ0) is 33.9. The van der Waals surface area contributed by atoms with Crippen LogP contribution in [0.2, 0.25) is 0 Å². The van der Waals surface area contributed by atoms with Crippen LogP contribution in [0.5, 0.6) is 0 Å². The van der Waals surface area contributed by atoms with Crippen LogP contribution >= 0.6 is 0 Å². The molecule has 0 atom stereocenters. The van der Waals surface area contributed by atoms with Crippen LogP contribution in [0.3, 0.4) is 0 Å². The zero-order valence-electron chi connectivity index (χ0n) is 24.3. The monoisotopic (exact) mass is 637 g/mol. The van der Waals surface area contributed by atoms with Crippen molar-refractivity contribution < 1.29 is 42.6 Å². The lowest BCUT2D eigenvalue weighted by Crippen LogP contribution is -2.42. The predicted octanol–water partition coefficient (Wildman–Crippen LogP) is 3.60. The Labute approximate surface area is 261 Å². The topological polar surface area (TPSA) is 177 Å². The molecule has 0 bridgehead atoms. The number of hydrogen-bond acceptors (Lipinski definition) is 5. The van der Waals surface area contributed by atoms with E-state index in [9.17, 15) is 32.7 Å². The number of carboxylic acid groups (broad SMARTS) is 2. The molecular weight excluding hydrogens is 607 g/mol. The van der Waals surface area contributed by atoms with E-state index in [0.29, 0.717) is 24.2 Å². The molecule has 0 unspecified atom stereocenters. The van der Waals surface area contributed by atoms with Gasteiger partial charge in [0.15, 0.2) is 5.96 Å². The molecule has 14 heteroatoms. The summed E-state index contributed by atoms with van der Waals surface area (Å²) in [5.74, 6) is 1.32. The first-order valence-electron chi connectivity index (χ1n) is 13.7. The van der Waals surface area contributed by atoms with Crippen molar-refractivity contribution in [1.29, 1.82) is 5.41 Å². The number of rotatable bonds is 8. The molecule has 0 aliphatic carbocycles. The van der Waals surface area contributed by atoms with Crippen molar-refractivity contribution in [3.8, 4) is 11.8 Å². The number of aliphatic carboxylic acids is 2. The second kappa shape index (κ2) is 15.8. The minimum atomic E-state index is -5.08. The molecule has 46 heavy (non-hydrogen) atoms. The van der Waals surface area contributed by atoms with E-state index in [1.807, 2.05) is 60.7 Å². The maximum atomic E-state index is 13.9. The molecule has 0 radical (unpaired) electrons. The summed E-state index contributed by atoms with van der Waals surface area (Å²) in [6.45, 7) is 0.0586. The van der Waals surface area contributed by atoms with Gasteiger partial charge in [-0.15, -0.1) is 0 Å². The van der Waals surface area contributed by atoms with Gasteiger partial charge in [-0.3, -0.25) is 24.7 Å². The lowest BCUT2D eigenvalue weighted by Gasteiger charge is -2.32. The number of carbonyl (C=O) groups is 4. The molecule has 1 heterocycles. The Bertz CT molecular complexity index is 1600. The molecule has 240 valence electrons. The largest absolute Gasteiger partial charge is 0.490 e. The summed E-state index contributed by atoms with van der Waals surface area (Å²) in [5.41, 5.74) is 8.32. The van der Waals surface area contributed by atoms with Crippen LogP contribution in [0.25, 0.3) is 0 Å². The third-order valence-corrected chi connectivity index (χ3v) is 6.49. The molecule has 3 aromatic rings. The van der Waals surface area contributed by atoms with E-state index in [1.54, 1.807) is 23.1 Å². The Kier molecular flexibility index (Phi) is 11.9. The minimum Gasteiger partial charge on any atom is -0.481 e. The summed E-state index contributed by atoms with van der Waals surface area (Å²) < 4.78 is 31.7. The van der Waals surface area contributed by atoms with Crippen LogP contribution in [-0.4, -0.2) is 70.6 Å². The van der Waals surface area contributed by atoms with E-state index >= 15 is 0 Å². The average molecular weight is 638 g/mol. The second-order valence-electron chi connectivity index (χ2n) is 9.79. The number of anilines is 1. The summed E-state index contributed by atoms with van der Waals surface area (Å²) >= 11 is 0. The molecule has 1 aliphatic heterocycles. The lowest BCUT2D eigenvalue weighted by molar-refractivity contribution is -0.192. The molecule has 0 spiro atoms. The van der Waals surface area contributed by atoms with Crippen LogP contribution in [0.1, 0.15) is 45.9 Å². The number of nitrogens with one attached hydrogen (secondary N) is 2. The fraction of sp³-hybridized carbons (Fsp3) is 0.219. The number of guanidine groups is 1. The van der Waals surface area contributed by atoms with Gasteiger partial charge in [-0.25, -0.2) is 4.79 Å². The summed E-state index contributed by atoms with van der Waals surface area (Å²) in [7, 11) is 0. The van der Waals surface area contributed by atoms with E-state index in [1.165, 1.54) is 4.90 Å². The molecule has 0 saturated heterocycles. The van der Waals surface area contributed by atoms with E-state index in [0.717, 1.165) is 11.1 Å². The number of carbonyl (C=O) groups excluding carboxylic acids is 2. The average Bonchev–Trinajstić information content (AvgIpc) is 3.11. The Morgan fingerprint density at radius 2 is 1.54 bits per heavy atom. The number of fused-ring (bicyclic) bond motifs is 1. The summed E-state index contributed by atoms with van der Waals surface area (Å²) in [4.78, 5) is 50.7. The standard InChI is InChI=1S/C30H29N5O4.C2HF3O2/c31-30(32)33-17-8-7-9-21-14-15-25-24(19-21)29(39)34(18-16-27(37)38)20-26(36)35(25)28(22-10-3-1-4-11-22)23-12-5-2-6-13-23;3-2(4,5)1(6)7/h1-6,10-15,19,28H,8,16-18,20H2,(H,37,38)(H4,31,32,33);(H,6,7).